The van der Waals surface area contributed by atoms with Crippen LogP contribution in [0.1, 0.15) is 20.3 Å². The molecule has 0 radical (unpaired) electrons. The van der Waals surface area contributed by atoms with E-state index in [0.717, 1.165) is 13.0 Å². The van der Waals surface area contributed by atoms with Crippen LogP contribution in [0, 0.1) is 5.92 Å². The smallest absolute Gasteiger partial charge is 0.231 e. The molecule has 1 atom stereocenters. The van der Waals surface area contributed by atoms with E-state index in [-0.39, 0.29) is 0 Å². The van der Waals surface area contributed by atoms with Crippen molar-refractivity contribution >= 4 is 17.8 Å². The molecule has 1 heterocycles. The van der Waals surface area contributed by atoms with E-state index in [4.69, 9.17) is 0 Å². The Morgan fingerprint density at radius 1 is 1.18 bits per heavy atom. The SMILES string of the molecule is CCC(C)CNc1nc(NC)nc(N(C)C)n1. The summed E-state index contributed by atoms with van der Waals surface area (Å²) in [7, 11) is 5.62. The van der Waals surface area contributed by atoms with Gasteiger partial charge in [-0.3, -0.25) is 0 Å². The lowest BCUT2D eigenvalue weighted by molar-refractivity contribution is 0.591. The Morgan fingerprint density at radius 2 is 1.82 bits per heavy atom. The largest absolute Gasteiger partial charge is 0.357 e. The van der Waals surface area contributed by atoms with Gasteiger partial charge < -0.3 is 15.5 Å². The zero-order chi connectivity index (χ0) is 12.8. The fourth-order valence-corrected chi connectivity index (χ4v) is 1.17. The number of aromatic nitrogens is 3. The summed E-state index contributed by atoms with van der Waals surface area (Å²) in [6, 6.07) is 0. The molecule has 0 aliphatic carbocycles. The van der Waals surface area contributed by atoms with Crippen LogP contribution in [0.25, 0.3) is 0 Å². The van der Waals surface area contributed by atoms with Crippen molar-refractivity contribution in [3.63, 3.8) is 0 Å². The molecule has 0 spiro atoms. The second-order valence-corrected chi connectivity index (χ2v) is 4.32. The van der Waals surface area contributed by atoms with Crippen LogP contribution in [0.5, 0.6) is 0 Å². The lowest BCUT2D eigenvalue weighted by Crippen LogP contribution is -2.18. The molecule has 0 aliphatic heterocycles. The van der Waals surface area contributed by atoms with Crippen molar-refractivity contribution in [1.82, 2.24) is 15.0 Å². The van der Waals surface area contributed by atoms with Crippen LogP contribution in [-0.4, -0.2) is 42.6 Å². The van der Waals surface area contributed by atoms with Gasteiger partial charge in [0.15, 0.2) is 0 Å². The van der Waals surface area contributed by atoms with Gasteiger partial charge in [-0.2, -0.15) is 15.0 Å². The highest BCUT2D eigenvalue weighted by Crippen LogP contribution is 2.11. The summed E-state index contributed by atoms with van der Waals surface area (Å²) < 4.78 is 0. The van der Waals surface area contributed by atoms with Gasteiger partial charge in [0, 0.05) is 27.7 Å². The van der Waals surface area contributed by atoms with Crippen molar-refractivity contribution in [3.8, 4) is 0 Å². The van der Waals surface area contributed by atoms with Crippen LogP contribution in [0.3, 0.4) is 0 Å². The Bertz CT molecular complexity index is 352. The molecule has 0 saturated heterocycles. The van der Waals surface area contributed by atoms with E-state index in [1.165, 1.54) is 0 Å². The molecule has 0 fully saturated rings. The molecule has 0 aliphatic rings. The van der Waals surface area contributed by atoms with Gasteiger partial charge in [-0.1, -0.05) is 20.3 Å². The molecule has 1 unspecified atom stereocenters. The molecule has 6 nitrogen and oxygen atoms in total. The summed E-state index contributed by atoms with van der Waals surface area (Å²) in [4.78, 5) is 14.7. The highest BCUT2D eigenvalue weighted by Gasteiger charge is 2.07. The van der Waals surface area contributed by atoms with Crippen LogP contribution in [0.4, 0.5) is 17.8 Å². The number of rotatable bonds is 6. The first-order valence-electron chi connectivity index (χ1n) is 5.91. The van der Waals surface area contributed by atoms with Crippen molar-refractivity contribution in [1.29, 1.82) is 0 Å². The van der Waals surface area contributed by atoms with Crippen molar-refractivity contribution in [2.45, 2.75) is 20.3 Å². The monoisotopic (exact) mass is 238 g/mol. The minimum atomic E-state index is 0.579. The number of nitrogens with one attached hydrogen (secondary N) is 2. The Kier molecular flexibility index (Phi) is 4.93. The molecule has 6 heteroatoms. The number of hydrogen-bond acceptors (Lipinski definition) is 6. The average molecular weight is 238 g/mol. The third-order valence-electron chi connectivity index (χ3n) is 2.55. The average Bonchev–Trinajstić information content (AvgIpc) is 2.35. The summed E-state index contributed by atoms with van der Waals surface area (Å²) in [6.07, 6.45) is 1.14. The van der Waals surface area contributed by atoms with Gasteiger partial charge in [-0.15, -0.1) is 0 Å². The zero-order valence-corrected chi connectivity index (χ0v) is 11.3. The predicted molar refractivity (Wildman–Crippen MR) is 71.6 cm³/mol. The Labute approximate surface area is 103 Å². The maximum Gasteiger partial charge on any atom is 0.231 e. The topological polar surface area (TPSA) is 66.0 Å². The van der Waals surface area contributed by atoms with E-state index < -0.39 is 0 Å². The van der Waals surface area contributed by atoms with Crippen LogP contribution < -0.4 is 15.5 Å². The van der Waals surface area contributed by atoms with Gasteiger partial charge >= 0.3 is 0 Å². The zero-order valence-electron chi connectivity index (χ0n) is 11.3. The lowest BCUT2D eigenvalue weighted by atomic mass is 10.1. The summed E-state index contributed by atoms with van der Waals surface area (Å²) in [5.74, 6) is 2.45. The predicted octanol–water partition coefficient (Wildman–Crippen LogP) is 1.44. The molecule has 1 aromatic heterocycles. The third kappa shape index (κ3) is 4.05. The number of anilines is 3. The van der Waals surface area contributed by atoms with Crippen LogP contribution >= 0.6 is 0 Å². The van der Waals surface area contributed by atoms with E-state index in [0.29, 0.717) is 23.8 Å². The van der Waals surface area contributed by atoms with E-state index in [2.05, 4.69) is 39.4 Å². The van der Waals surface area contributed by atoms with Crippen LogP contribution in [0.2, 0.25) is 0 Å². The Hall–Kier alpha value is -1.59. The number of nitrogens with zero attached hydrogens (tertiary/aromatic N) is 4. The standard InChI is InChI=1S/C11H22N6/c1-6-8(2)7-13-10-14-9(12-3)15-11(16-10)17(4)5/h8H,6-7H2,1-5H3,(H2,12,13,14,15,16). The van der Waals surface area contributed by atoms with E-state index in [9.17, 15) is 0 Å². The highest BCUT2D eigenvalue weighted by molar-refractivity contribution is 5.42. The molecule has 17 heavy (non-hydrogen) atoms. The highest BCUT2D eigenvalue weighted by atomic mass is 15.3. The minimum Gasteiger partial charge on any atom is -0.357 e. The van der Waals surface area contributed by atoms with E-state index >= 15 is 0 Å². The maximum atomic E-state index is 4.34. The fourth-order valence-electron chi connectivity index (χ4n) is 1.17. The van der Waals surface area contributed by atoms with Gasteiger partial charge in [-0.25, -0.2) is 0 Å². The van der Waals surface area contributed by atoms with Crippen molar-refractivity contribution in [3.05, 3.63) is 0 Å². The fraction of sp³-hybridized carbons (Fsp3) is 0.727. The maximum absolute atomic E-state index is 4.34. The van der Waals surface area contributed by atoms with E-state index in [1.54, 1.807) is 7.05 Å². The summed E-state index contributed by atoms with van der Waals surface area (Å²) in [5.41, 5.74) is 0. The molecular formula is C11H22N6. The molecule has 1 aromatic rings. The van der Waals surface area contributed by atoms with Gasteiger partial charge in [0.1, 0.15) is 0 Å². The normalized spacial score (nSPS) is 12.1. The molecule has 0 amide bonds. The summed E-state index contributed by atoms with van der Waals surface area (Å²) in [6.45, 7) is 5.24. The van der Waals surface area contributed by atoms with Crippen molar-refractivity contribution in [2.75, 3.05) is 43.2 Å². The second-order valence-electron chi connectivity index (χ2n) is 4.32. The van der Waals surface area contributed by atoms with E-state index in [1.807, 2.05) is 19.0 Å². The quantitative estimate of drug-likeness (QED) is 0.781. The summed E-state index contributed by atoms with van der Waals surface area (Å²) >= 11 is 0. The molecule has 0 bridgehead atoms. The lowest BCUT2D eigenvalue weighted by Gasteiger charge is -2.14. The molecule has 96 valence electrons. The first kappa shape index (κ1) is 13.5. The molecular weight excluding hydrogens is 216 g/mol. The van der Waals surface area contributed by atoms with Crippen LogP contribution in [-0.2, 0) is 0 Å². The van der Waals surface area contributed by atoms with Gasteiger partial charge in [0.25, 0.3) is 0 Å². The number of hydrogen-bond donors (Lipinski definition) is 2. The van der Waals surface area contributed by atoms with Crippen molar-refractivity contribution in [2.24, 2.45) is 5.92 Å². The molecule has 2 N–H and O–H groups in total. The Morgan fingerprint density at radius 3 is 2.35 bits per heavy atom. The molecule has 0 aromatic carbocycles. The first-order chi connectivity index (χ1) is 8.06. The van der Waals surface area contributed by atoms with Crippen LogP contribution in [0.15, 0.2) is 0 Å². The minimum absolute atomic E-state index is 0.579. The third-order valence-corrected chi connectivity index (χ3v) is 2.55. The van der Waals surface area contributed by atoms with Gasteiger partial charge in [-0.05, 0) is 5.92 Å². The molecule has 0 saturated carbocycles. The van der Waals surface area contributed by atoms with Gasteiger partial charge in [0.2, 0.25) is 17.8 Å². The summed E-state index contributed by atoms with van der Waals surface area (Å²) in [5, 5.41) is 6.17. The van der Waals surface area contributed by atoms with Crippen molar-refractivity contribution < 1.29 is 0 Å². The Balaban J connectivity index is 2.80. The molecule has 1 rings (SSSR count). The first-order valence-corrected chi connectivity index (χ1v) is 5.91. The second kappa shape index (κ2) is 6.22. The van der Waals surface area contributed by atoms with Gasteiger partial charge in [0.05, 0.1) is 0 Å².